The van der Waals surface area contributed by atoms with Gasteiger partial charge >= 0.3 is 0 Å². The van der Waals surface area contributed by atoms with Crippen molar-refractivity contribution in [2.24, 2.45) is 0 Å². The molecule has 1 aromatic heterocycles. The lowest BCUT2D eigenvalue weighted by atomic mass is 10.0. The molecule has 0 aliphatic rings. The highest BCUT2D eigenvalue weighted by molar-refractivity contribution is 6.42. The Morgan fingerprint density at radius 3 is 2.60 bits per heavy atom. The quantitative estimate of drug-likeness (QED) is 0.859. The van der Waals surface area contributed by atoms with Gasteiger partial charge in [-0.2, -0.15) is 0 Å². The highest BCUT2D eigenvalue weighted by Gasteiger charge is 2.15. The molecule has 0 fully saturated rings. The molecule has 0 saturated carbocycles. The van der Waals surface area contributed by atoms with E-state index in [9.17, 15) is 0 Å². The van der Waals surface area contributed by atoms with Crippen LogP contribution in [0.5, 0.6) is 0 Å². The Balaban J connectivity index is 2.38. The second-order valence-corrected chi connectivity index (χ2v) is 5.58. The molecule has 4 heteroatoms. The van der Waals surface area contributed by atoms with Gasteiger partial charge in [-0.3, -0.25) is 4.98 Å². The highest BCUT2D eigenvalue weighted by Crippen LogP contribution is 2.28. The zero-order chi connectivity index (χ0) is 14.5. The molecule has 1 heterocycles. The van der Waals surface area contributed by atoms with E-state index in [0.29, 0.717) is 10.0 Å². The van der Waals surface area contributed by atoms with E-state index in [1.807, 2.05) is 43.3 Å². The number of halogens is 2. The first-order valence-corrected chi connectivity index (χ1v) is 7.49. The fourth-order valence-corrected chi connectivity index (χ4v) is 2.41. The molecule has 0 amide bonds. The lowest BCUT2D eigenvalue weighted by molar-refractivity contribution is 0.585. The maximum Gasteiger partial charge on any atom is 0.0752 e. The molecule has 1 atom stereocenters. The fraction of sp³-hybridized carbons (Fsp3) is 0.312. The molecule has 0 aliphatic heterocycles. The van der Waals surface area contributed by atoms with E-state index in [1.54, 1.807) is 0 Å². The number of nitrogens with zero attached hydrogens (tertiary/aromatic N) is 1. The molecule has 2 nitrogen and oxygen atoms in total. The van der Waals surface area contributed by atoms with Gasteiger partial charge in [0, 0.05) is 5.69 Å². The van der Waals surface area contributed by atoms with Crippen LogP contribution in [0.2, 0.25) is 10.0 Å². The minimum absolute atomic E-state index is 0.0321. The normalized spacial score (nSPS) is 12.4. The maximum absolute atomic E-state index is 6.13. The monoisotopic (exact) mass is 308 g/mol. The molecule has 106 valence electrons. The van der Waals surface area contributed by atoms with Crippen molar-refractivity contribution in [2.75, 3.05) is 6.54 Å². The van der Waals surface area contributed by atoms with Crippen molar-refractivity contribution in [3.8, 4) is 0 Å². The molecular weight excluding hydrogens is 291 g/mol. The minimum atomic E-state index is 0.0321. The number of hydrogen-bond donors (Lipinski definition) is 1. The van der Waals surface area contributed by atoms with Crippen LogP contribution in [0.1, 0.15) is 36.3 Å². The molecule has 0 spiro atoms. The Morgan fingerprint density at radius 1 is 1.15 bits per heavy atom. The first-order valence-electron chi connectivity index (χ1n) is 6.73. The number of aryl methyl sites for hydroxylation is 1. The summed E-state index contributed by atoms with van der Waals surface area (Å²) < 4.78 is 0. The van der Waals surface area contributed by atoms with Gasteiger partial charge in [0.15, 0.2) is 0 Å². The van der Waals surface area contributed by atoms with Crippen molar-refractivity contribution in [3.63, 3.8) is 0 Å². The number of hydrogen-bond acceptors (Lipinski definition) is 2. The van der Waals surface area contributed by atoms with Crippen LogP contribution < -0.4 is 5.32 Å². The third-order valence-corrected chi connectivity index (χ3v) is 3.82. The van der Waals surface area contributed by atoms with E-state index in [0.717, 1.165) is 29.9 Å². The summed E-state index contributed by atoms with van der Waals surface area (Å²) in [6.07, 6.45) is 1.06. The lowest BCUT2D eigenvalue weighted by Crippen LogP contribution is -2.24. The molecule has 0 saturated heterocycles. The van der Waals surface area contributed by atoms with Gasteiger partial charge in [0.25, 0.3) is 0 Å². The Hall–Kier alpha value is -1.09. The summed E-state index contributed by atoms with van der Waals surface area (Å²) in [4.78, 5) is 4.62. The summed E-state index contributed by atoms with van der Waals surface area (Å²) in [5.74, 6) is 0. The first-order chi connectivity index (χ1) is 9.61. The average molecular weight is 309 g/mol. The maximum atomic E-state index is 6.13. The van der Waals surface area contributed by atoms with Crippen LogP contribution in [0.25, 0.3) is 0 Å². The Morgan fingerprint density at radius 2 is 1.95 bits per heavy atom. The van der Waals surface area contributed by atoms with Crippen molar-refractivity contribution < 1.29 is 0 Å². The second kappa shape index (κ2) is 7.07. The van der Waals surface area contributed by atoms with E-state index < -0.39 is 0 Å². The van der Waals surface area contributed by atoms with Crippen molar-refractivity contribution in [1.82, 2.24) is 10.3 Å². The molecule has 0 radical (unpaired) electrons. The molecular formula is C16H18Cl2N2. The largest absolute Gasteiger partial charge is 0.305 e. The number of nitrogens with one attached hydrogen (secondary N) is 1. The van der Waals surface area contributed by atoms with Gasteiger partial charge in [-0.05, 0) is 49.7 Å². The van der Waals surface area contributed by atoms with Gasteiger partial charge in [-0.25, -0.2) is 0 Å². The molecule has 2 aromatic rings. The smallest absolute Gasteiger partial charge is 0.0752 e. The molecule has 20 heavy (non-hydrogen) atoms. The second-order valence-electron chi connectivity index (χ2n) is 4.76. The van der Waals surface area contributed by atoms with Crippen LogP contribution in [0, 0.1) is 6.92 Å². The summed E-state index contributed by atoms with van der Waals surface area (Å²) in [6, 6.07) is 11.8. The number of benzene rings is 1. The third kappa shape index (κ3) is 3.72. The standard InChI is InChI=1S/C16H18Cl2N2/c1-3-9-19-16(15-6-4-5-11(2)20-15)12-7-8-13(17)14(18)10-12/h4-8,10,16,19H,3,9H2,1-2H3. The van der Waals surface area contributed by atoms with Crippen molar-refractivity contribution in [2.45, 2.75) is 26.3 Å². The van der Waals surface area contributed by atoms with Crippen LogP contribution in [0.15, 0.2) is 36.4 Å². The molecule has 0 aliphatic carbocycles. The third-order valence-electron chi connectivity index (χ3n) is 3.08. The molecule has 1 unspecified atom stereocenters. The van der Waals surface area contributed by atoms with Gasteiger partial charge in [0.05, 0.1) is 21.8 Å². The predicted molar refractivity (Wildman–Crippen MR) is 85.6 cm³/mol. The van der Waals surface area contributed by atoms with E-state index in [2.05, 4.69) is 17.2 Å². The van der Waals surface area contributed by atoms with Gasteiger partial charge < -0.3 is 5.32 Å². The zero-order valence-electron chi connectivity index (χ0n) is 11.7. The molecule has 1 aromatic carbocycles. The van der Waals surface area contributed by atoms with Gasteiger partial charge in [-0.1, -0.05) is 42.3 Å². The number of aromatic nitrogens is 1. The van der Waals surface area contributed by atoms with E-state index >= 15 is 0 Å². The predicted octanol–water partition coefficient (Wildman–Crippen LogP) is 4.79. The minimum Gasteiger partial charge on any atom is -0.305 e. The Bertz CT molecular complexity index is 584. The zero-order valence-corrected chi connectivity index (χ0v) is 13.2. The van der Waals surface area contributed by atoms with Gasteiger partial charge in [-0.15, -0.1) is 0 Å². The average Bonchev–Trinajstić information content (AvgIpc) is 2.43. The lowest BCUT2D eigenvalue weighted by Gasteiger charge is -2.19. The van der Waals surface area contributed by atoms with Crippen molar-refractivity contribution in [1.29, 1.82) is 0 Å². The van der Waals surface area contributed by atoms with Gasteiger partial charge in [0.1, 0.15) is 0 Å². The molecule has 2 rings (SSSR count). The highest BCUT2D eigenvalue weighted by atomic mass is 35.5. The van der Waals surface area contributed by atoms with Crippen LogP contribution in [-0.4, -0.2) is 11.5 Å². The van der Waals surface area contributed by atoms with Crippen LogP contribution in [-0.2, 0) is 0 Å². The number of pyridine rings is 1. The van der Waals surface area contributed by atoms with E-state index in [4.69, 9.17) is 23.2 Å². The van der Waals surface area contributed by atoms with Crippen LogP contribution in [0.4, 0.5) is 0 Å². The van der Waals surface area contributed by atoms with Crippen LogP contribution >= 0.6 is 23.2 Å². The van der Waals surface area contributed by atoms with Crippen molar-refractivity contribution in [3.05, 3.63) is 63.4 Å². The van der Waals surface area contributed by atoms with E-state index in [-0.39, 0.29) is 6.04 Å². The summed E-state index contributed by atoms with van der Waals surface area (Å²) in [6.45, 7) is 5.05. The Labute approximate surface area is 130 Å². The topological polar surface area (TPSA) is 24.9 Å². The molecule has 1 N–H and O–H groups in total. The fourth-order valence-electron chi connectivity index (χ4n) is 2.10. The van der Waals surface area contributed by atoms with Crippen LogP contribution in [0.3, 0.4) is 0 Å². The first kappa shape index (κ1) is 15.3. The summed E-state index contributed by atoms with van der Waals surface area (Å²) in [5.41, 5.74) is 3.08. The SMILES string of the molecule is CCCNC(c1ccc(Cl)c(Cl)c1)c1cccc(C)n1. The Kier molecular flexibility index (Phi) is 5.41. The van der Waals surface area contributed by atoms with Crippen molar-refractivity contribution >= 4 is 23.2 Å². The summed E-state index contributed by atoms with van der Waals surface area (Å²) >= 11 is 12.1. The van der Waals surface area contributed by atoms with E-state index in [1.165, 1.54) is 0 Å². The number of rotatable bonds is 5. The summed E-state index contributed by atoms with van der Waals surface area (Å²) in [5, 5.41) is 4.65. The summed E-state index contributed by atoms with van der Waals surface area (Å²) in [7, 11) is 0. The van der Waals surface area contributed by atoms with Gasteiger partial charge in [0.2, 0.25) is 0 Å². The molecule has 0 bridgehead atoms.